The van der Waals surface area contributed by atoms with Crippen LogP contribution in [0.5, 0.6) is 0 Å². The Hall–Kier alpha value is -2.68. The van der Waals surface area contributed by atoms with E-state index < -0.39 is 4.92 Å². The summed E-state index contributed by atoms with van der Waals surface area (Å²) in [6.07, 6.45) is -0.0419. The number of nitro groups is 1. The molecule has 0 bridgehead atoms. The van der Waals surface area contributed by atoms with Crippen molar-refractivity contribution in [1.29, 1.82) is 0 Å². The normalized spacial score (nSPS) is 20.4. The van der Waals surface area contributed by atoms with Crippen LogP contribution in [0.25, 0.3) is 0 Å². The van der Waals surface area contributed by atoms with Gasteiger partial charge >= 0.3 is 5.69 Å². The SMILES string of the molecule is Cc1nn(Cc2ccc(C(=O)N3CC(C)OC(C)C3)o2)c(C)c1[N+](=O)[O-]. The lowest BCUT2D eigenvalue weighted by atomic mass is 10.2. The van der Waals surface area contributed by atoms with Gasteiger partial charge in [-0.25, -0.2) is 0 Å². The van der Waals surface area contributed by atoms with Crippen LogP contribution in [0.1, 0.15) is 41.6 Å². The Kier molecular flexibility index (Phi) is 4.82. The number of amides is 1. The molecule has 1 amide bonds. The van der Waals surface area contributed by atoms with Crippen LogP contribution in [0.2, 0.25) is 0 Å². The van der Waals surface area contributed by atoms with Gasteiger partial charge in [-0.2, -0.15) is 5.10 Å². The molecule has 1 saturated heterocycles. The number of morpholine rings is 1. The molecule has 0 radical (unpaired) electrons. The maximum absolute atomic E-state index is 12.6. The Bertz CT molecular complexity index is 830. The van der Waals surface area contributed by atoms with E-state index in [0.29, 0.717) is 30.2 Å². The molecule has 1 aliphatic rings. The first-order valence-electron chi connectivity index (χ1n) is 8.48. The maximum Gasteiger partial charge on any atom is 0.312 e. The van der Waals surface area contributed by atoms with Gasteiger partial charge < -0.3 is 14.1 Å². The molecular formula is C17H22N4O5. The molecule has 2 atom stereocenters. The van der Waals surface area contributed by atoms with Crippen LogP contribution in [0, 0.1) is 24.0 Å². The van der Waals surface area contributed by atoms with Crippen LogP contribution in [-0.2, 0) is 11.3 Å². The van der Waals surface area contributed by atoms with E-state index in [1.165, 1.54) is 4.68 Å². The summed E-state index contributed by atoms with van der Waals surface area (Å²) in [7, 11) is 0. The third-order valence-electron chi connectivity index (χ3n) is 4.41. The summed E-state index contributed by atoms with van der Waals surface area (Å²) in [4.78, 5) is 25.0. The summed E-state index contributed by atoms with van der Waals surface area (Å²) in [5.74, 6) is 0.582. The molecule has 0 saturated carbocycles. The highest BCUT2D eigenvalue weighted by atomic mass is 16.6. The zero-order valence-electron chi connectivity index (χ0n) is 15.3. The summed E-state index contributed by atoms with van der Waals surface area (Å²) in [5, 5.41) is 15.3. The second kappa shape index (κ2) is 6.91. The molecule has 2 unspecified atom stereocenters. The number of nitrogens with zero attached hydrogens (tertiary/aromatic N) is 4. The molecule has 0 spiro atoms. The number of hydrogen-bond donors (Lipinski definition) is 0. The lowest BCUT2D eigenvalue weighted by molar-refractivity contribution is -0.386. The molecule has 9 heteroatoms. The molecule has 9 nitrogen and oxygen atoms in total. The molecule has 1 fully saturated rings. The number of aromatic nitrogens is 2. The van der Waals surface area contributed by atoms with Gasteiger partial charge in [-0.3, -0.25) is 19.6 Å². The van der Waals surface area contributed by atoms with Gasteiger partial charge in [0.25, 0.3) is 5.91 Å². The van der Waals surface area contributed by atoms with Gasteiger partial charge in [0, 0.05) is 13.1 Å². The van der Waals surface area contributed by atoms with Crippen molar-refractivity contribution in [2.75, 3.05) is 13.1 Å². The lowest BCUT2D eigenvalue weighted by Crippen LogP contribution is -2.48. The molecule has 2 aromatic rings. The molecule has 0 aliphatic carbocycles. The predicted octanol–water partition coefficient (Wildman–Crippen LogP) is 2.30. The Morgan fingerprint density at radius 1 is 1.31 bits per heavy atom. The number of carbonyl (C=O) groups is 1. The van der Waals surface area contributed by atoms with Crippen LogP contribution in [0.15, 0.2) is 16.5 Å². The summed E-state index contributed by atoms with van der Waals surface area (Å²) in [5.41, 5.74) is 0.809. The number of aryl methyl sites for hydroxylation is 1. The van der Waals surface area contributed by atoms with Crippen LogP contribution in [-0.4, -0.2) is 50.8 Å². The molecule has 140 valence electrons. The van der Waals surface area contributed by atoms with Gasteiger partial charge in [-0.15, -0.1) is 0 Å². The van der Waals surface area contributed by atoms with Crippen molar-refractivity contribution in [3.8, 4) is 0 Å². The molecule has 2 aromatic heterocycles. The first kappa shape index (κ1) is 18.1. The van der Waals surface area contributed by atoms with Crippen LogP contribution < -0.4 is 0 Å². The molecular weight excluding hydrogens is 340 g/mol. The lowest BCUT2D eigenvalue weighted by Gasteiger charge is -2.34. The molecule has 0 aromatic carbocycles. The Morgan fingerprint density at radius 3 is 2.54 bits per heavy atom. The average molecular weight is 362 g/mol. The van der Waals surface area contributed by atoms with Crippen molar-refractivity contribution in [2.24, 2.45) is 0 Å². The number of carbonyl (C=O) groups excluding carboxylic acids is 1. The zero-order valence-corrected chi connectivity index (χ0v) is 15.3. The fourth-order valence-corrected chi connectivity index (χ4v) is 3.33. The maximum atomic E-state index is 12.6. The quantitative estimate of drug-likeness (QED) is 0.611. The Morgan fingerprint density at radius 2 is 1.96 bits per heavy atom. The largest absolute Gasteiger partial charge is 0.454 e. The number of hydrogen-bond acceptors (Lipinski definition) is 6. The minimum absolute atomic E-state index is 0.00384. The fourth-order valence-electron chi connectivity index (χ4n) is 3.33. The molecule has 1 aliphatic heterocycles. The molecule has 0 N–H and O–H groups in total. The third-order valence-corrected chi connectivity index (χ3v) is 4.41. The van der Waals surface area contributed by atoms with E-state index in [1.807, 2.05) is 13.8 Å². The number of furan rings is 1. The minimum Gasteiger partial charge on any atom is -0.454 e. The summed E-state index contributed by atoms with van der Waals surface area (Å²) >= 11 is 0. The van der Waals surface area contributed by atoms with Gasteiger partial charge in [-0.05, 0) is 39.8 Å². The van der Waals surface area contributed by atoms with E-state index in [1.54, 1.807) is 30.9 Å². The first-order valence-corrected chi connectivity index (χ1v) is 8.48. The van der Waals surface area contributed by atoms with E-state index >= 15 is 0 Å². The van der Waals surface area contributed by atoms with Gasteiger partial charge in [0.1, 0.15) is 17.1 Å². The smallest absolute Gasteiger partial charge is 0.312 e. The second-order valence-electron chi connectivity index (χ2n) is 6.67. The molecule has 26 heavy (non-hydrogen) atoms. The van der Waals surface area contributed by atoms with Crippen molar-refractivity contribution in [3.63, 3.8) is 0 Å². The fraction of sp³-hybridized carbons (Fsp3) is 0.529. The minimum atomic E-state index is -0.438. The standard InChI is InChI=1S/C17H22N4O5/c1-10-7-19(8-11(2)25-10)17(22)15-6-5-14(26-15)9-20-13(4)16(21(23)24)12(3)18-20/h5-6,10-11H,7-9H2,1-4H3. The van der Waals surface area contributed by atoms with E-state index in [-0.39, 0.29) is 36.1 Å². The predicted molar refractivity (Wildman–Crippen MR) is 92.1 cm³/mol. The highest BCUT2D eigenvalue weighted by Gasteiger charge is 2.28. The van der Waals surface area contributed by atoms with E-state index in [4.69, 9.17) is 9.15 Å². The monoisotopic (exact) mass is 362 g/mol. The first-order chi connectivity index (χ1) is 12.3. The van der Waals surface area contributed by atoms with Gasteiger partial charge in [0.2, 0.25) is 0 Å². The van der Waals surface area contributed by atoms with Crippen LogP contribution in [0.3, 0.4) is 0 Å². The highest BCUT2D eigenvalue weighted by Crippen LogP contribution is 2.23. The van der Waals surface area contributed by atoms with Gasteiger partial charge in [0.15, 0.2) is 5.76 Å². The Balaban J connectivity index is 1.75. The second-order valence-corrected chi connectivity index (χ2v) is 6.67. The number of ether oxygens (including phenoxy) is 1. The molecule has 3 heterocycles. The topological polar surface area (TPSA) is 104 Å². The number of rotatable bonds is 4. The summed E-state index contributed by atoms with van der Waals surface area (Å²) in [6, 6.07) is 3.32. The van der Waals surface area contributed by atoms with Crippen molar-refractivity contribution in [1.82, 2.24) is 14.7 Å². The van der Waals surface area contributed by atoms with Crippen molar-refractivity contribution < 1.29 is 18.9 Å². The van der Waals surface area contributed by atoms with Crippen LogP contribution >= 0.6 is 0 Å². The third kappa shape index (κ3) is 3.48. The average Bonchev–Trinajstić information content (AvgIpc) is 3.11. The van der Waals surface area contributed by atoms with Crippen LogP contribution in [0.4, 0.5) is 5.69 Å². The highest BCUT2D eigenvalue weighted by molar-refractivity contribution is 5.91. The zero-order chi connectivity index (χ0) is 19.0. The Labute approximate surface area is 150 Å². The van der Waals surface area contributed by atoms with Gasteiger partial charge in [-0.1, -0.05) is 0 Å². The van der Waals surface area contributed by atoms with E-state index in [2.05, 4.69) is 5.10 Å². The summed E-state index contributed by atoms with van der Waals surface area (Å²) < 4.78 is 12.8. The van der Waals surface area contributed by atoms with Crippen molar-refractivity contribution in [2.45, 2.75) is 46.4 Å². The van der Waals surface area contributed by atoms with Crippen molar-refractivity contribution >= 4 is 11.6 Å². The summed E-state index contributed by atoms with van der Waals surface area (Å²) in [6.45, 7) is 8.36. The molecule has 3 rings (SSSR count). The van der Waals surface area contributed by atoms with Crippen molar-refractivity contribution in [3.05, 3.63) is 45.2 Å². The van der Waals surface area contributed by atoms with Gasteiger partial charge in [0.05, 0.1) is 23.7 Å². The van der Waals surface area contributed by atoms with E-state index in [9.17, 15) is 14.9 Å². The van der Waals surface area contributed by atoms with E-state index in [0.717, 1.165) is 0 Å².